The van der Waals surface area contributed by atoms with E-state index in [1.165, 1.54) is 0 Å². The lowest BCUT2D eigenvalue weighted by atomic mass is 10.2. The van der Waals surface area contributed by atoms with Crippen molar-refractivity contribution < 1.29 is 8.42 Å². The summed E-state index contributed by atoms with van der Waals surface area (Å²) in [4.78, 5) is 0.199. The molecule has 0 saturated heterocycles. The van der Waals surface area contributed by atoms with Crippen LogP contribution in [0.1, 0.15) is 13.8 Å². The second kappa shape index (κ2) is 5.61. The van der Waals surface area contributed by atoms with Crippen molar-refractivity contribution >= 4 is 21.4 Å². The van der Waals surface area contributed by atoms with E-state index in [-0.39, 0.29) is 16.6 Å². The van der Waals surface area contributed by atoms with Crippen molar-refractivity contribution in [2.45, 2.75) is 24.0 Å². The van der Waals surface area contributed by atoms with Crippen LogP contribution in [0, 0.1) is 5.41 Å². The van der Waals surface area contributed by atoms with Gasteiger partial charge in [0.2, 0.25) is 0 Å². The molecule has 0 unspecified atom stereocenters. The monoisotopic (exact) mass is 306 g/mol. The van der Waals surface area contributed by atoms with Crippen LogP contribution < -0.4 is 16.4 Å². The summed E-state index contributed by atoms with van der Waals surface area (Å²) in [6, 6.07) is 6.60. The van der Waals surface area contributed by atoms with Crippen LogP contribution in [-0.2, 0) is 9.84 Å². The van der Waals surface area contributed by atoms with Gasteiger partial charge in [0.25, 0.3) is 0 Å². The van der Waals surface area contributed by atoms with E-state index in [0.717, 1.165) is 0 Å². The molecular weight excluding hydrogens is 288 g/mol. The Morgan fingerprint density at radius 2 is 2.00 bits per heavy atom. The maximum atomic E-state index is 12.4. The summed E-state index contributed by atoms with van der Waals surface area (Å²) < 4.78 is 24.7. The Labute approximate surface area is 124 Å². The number of nitrogens with two attached hydrogens (primary N) is 1. The number of hydrogen-bond acceptors (Lipinski definition) is 5. The van der Waals surface area contributed by atoms with Crippen molar-refractivity contribution in [3.63, 3.8) is 0 Å². The van der Waals surface area contributed by atoms with Crippen LogP contribution in [0.15, 0.2) is 52.8 Å². The molecule has 1 aromatic rings. The number of hydrogen-bond donors (Lipinski definition) is 4. The third-order valence-corrected chi connectivity index (χ3v) is 5.33. The second-order valence-electron chi connectivity index (χ2n) is 4.89. The van der Waals surface area contributed by atoms with Crippen LogP contribution in [0.2, 0.25) is 0 Å². The molecular formula is C14H18N4O2S. The fourth-order valence-corrected chi connectivity index (χ4v) is 3.08. The minimum absolute atomic E-state index is 0.171. The van der Waals surface area contributed by atoms with Crippen molar-refractivity contribution in [2.24, 2.45) is 5.73 Å². The zero-order valence-electron chi connectivity index (χ0n) is 11.8. The van der Waals surface area contributed by atoms with E-state index in [0.29, 0.717) is 11.3 Å². The molecule has 2 rings (SSSR count). The summed E-state index contributed by atoms with van der Waals surface area (Å²) >= 11 is 0. The van der Waals surface area contributed by atoms with E-state index in [1.807, 2.05) is 0 Å². The van der Waals surface area contributed by atoms with Gasteiger partial charge in [-0.15, -0.1) is 0 Å². The molecule has 21 heavy (non-hydrogen) atoms. The fraction of sp³-hybridized carbons (Fsp3) is 0.214. The number of sulfone groups is 1. The van der Waals surface area contributed by atoms with Crippen LogP contribution in [0.3, 0.4) is 0 Å². The van der Waals surface area contributed by atoms with Crippen LogP contribution in [0.4, 0.5) is 5.69 Å². The summed E-state index contributed by atoms with van der Waals surface area (Å²) in [6.45, 7) is 3.26. The molecule has 1 aromatic carbocycles. The molecule has 6 nitrogen and oxygen atoms in total. The SMILES string of the molecule is CC(C)S(=O)(=O)c1ccccc1N/C(N)=C1\C=CNC1=N. The van der Waals surface area contributed by atoms with Crippen LogP contribution in [0.25, 0.3) is 0 Å². The molecule has 0 spiro atoms. The maximum absolute atomic E-state index is 12.4. The van der Waals surface area contributed by atoms with E-state index in [4.69, 9.17) is 11.1 Å². The normalized spacial score (nSPS) is 17.0. The smallest absolute Gasteiger partial charge is 0.182 e. The number of anilines is 1. The lowest BCUT2D eigenvalue weighted by Crippen LogP contribution is -2.21. The first-order valence-electron chi connectivity index (χ1n) is 6.45. The predicted molar refractivity (Wildman–Crippen MR) is 83.6 cm³/mol. The van der Waals surface area contributed by atoms with Gasteiger partial charge < -0.3 is 16.4 Å². The Bertz CT molecular complexity index is 733. The van der Waals surface area contributed by atoms with Crippen molar-refractivity contribution in [1.29, 1.82) is 5.41 Å². The summed E-state index contributed by atoms with van der Waals surface area (Å²) in [5, 5.41) is 12.7. The zero-order valence-corrected chi connectivity index (χ0v) is 12.7. The fourth-order valence-electron chi connectivity index (χ4n) is 1.88. The van der Waals surface area contributed by atoms with E-state index < -0.39 is 15.1 Å². The average Bonchev–Trinajstić information content (AvgIpc) is 2.85. The predicted octanol–water partition coefficient (Wildman–Crippen LogP) is 1.55. The summed E-state index contributed by atoms with van der Waals surface area (Å²) in [5.74, 6) is 0.400. The van der Waals surface area contributed by atoms with E-state index in [9.17, 15) is 8.42 Å². The van der Waals surface area contributed by atoms with E-state index >= 15 is 0 Å². The molecule has 0 amide bonds. The molecule has 0 atom stereocenters. The lowest BCUT2D eigenvalue weighted by molar-refractivity contribution is 0.587. The Kier molecular flexibility index (Phi) is 4.04. The van der Waals surface area contributed by atoms with Gasteiger partial charge in [0.15, 0.2) is 9.84 Å². The number of benzene rings is 1. The molecule has 0 radical (unpaired) electrons. The molecule has 0 bridgehead atoms. The summed E-state index contributed by atoms with van der Waals surface area (Å²) in [6.07, 6.45) is 3.26. The highest BCUT2D eigenvalue weighted by Gasteiger charge is 2.23. The van der Waals surface area contributed by atoms with Crippen molar-refractivity contribution in [3.8, 4) is 0 Å². The minimum Gasteiger partial charge on any atom is -0.385 e. The molecule has 112 valence electrons. The zero-order chi connectivity index (χ0) is 15.6. The van der Waals surface area contributed by atoms with Crippen molar-refractivity contribution in [2.75, 3.05) is 5.32 Å². The number of nitrogens with one attached hydrogen (secondary N) is 3. The van der Waals surface area contributed by atoms with Gasteiger partial charge in [0, 0.05) is 6.20 Å². The summed E-state index contributed by atoms with van der Waals surface area (Å²) in [5.41, 5.74) is 6.83. The molecule has 7 heteroatoms. The highest BCUT2D eigenvalue weighted by Crippen LogP contribution is 2.26. The molecule has 5 N–H and O–H groups in total. The topological polar surface area (TPSA) is 108 Å². The molecule has 1 aliphatic rings. The molecule has 0 aliphatic carbocycles. The first-order valence-corrected chi connectivity index (χ1v) is 8.00. The van der Waals surface area contributed by atoms with Gasteiger partial charge in [-0.2, -0.15) is 0 Å². The Morgan fingerprint density at radius 3 is 2.57 bits per heavy atom. The number of amidine groups is 1. The minimum atomic E-state index is -3.42. The molecule has 1 heterocycles. The molecule has 1 aliphatic heterocycles. The van der Waals surface area contributed by atoms with E-state index in [1.54, 1.807) is 50.4 Å². The van der Waals surface area contributed by atoms with Gasteiger partial charge in [-0.25, -0.2) is 8.42 Å². The molecule has 0 fully saturated rings. The standard InChI is InChI=1S/C14H18N4O2S/c1-9(2)21(19,20)12-6-4-3-5-11(12)18-14(16)10-7-8-17-13(10)15/h3-9,18H,16H2,1-2H3,(H2,15,17)/b14-10+. The maximum Gasteiger partial charge on any atom is 0.182 e. The highest BCUT2D eigenvalue weighted by atomic mass is 32.2. The third-order valence-electron chi connectivity index (χ3n) is 3.12. The average molecular weight is 306 g/mol. The van der Waals surface area contributed by atoms with Gasteiger partial charge in [-0.3, -0.25) is 5.41 Å². The van der Waals surface area contributed by atoms with Gasteiger partial charge in [-0.1, -0.05) is 12.1 Å². The van der Waals surface area contributed by atoms with Crippen LogP contribution in [-0.4, -0.2) is 19.5 Å². The number of para-hydroxylation sites is 1. The third kappa shape index (κ3) is 2.92. The summed E-state index contributed by atoms with van der Waals surface area (Å²) in [7, 11) is -3.42. The Morgan fingerprint density at radius 1 is 1.33 bits per heavy atom. The largest absolute Gasteiger partial charge is 0.385 e. The molecule has 0 saturated carbocycles. The quantitative estimate of drug-likeness (QED) is 0.675. The Balaban J connectivity index is 2.43. The van der Waals surface area contributed by atoms with Gasteiger partial charge >= 0.3 is 0 Å². The van der Waals surface area contributed by atoms with Crippen molar-refractivity contribution in [1.82, 2.24) is 5.32 Å². The van der Waals surface area contributed by atoms with Crippen LogP contribution >= 0.6 is 0 Å². The van der Waals surface area contributed by atoms with Crippen LogP contribution in [0.5, 0.6) is 0 Å². The molecule has 0 aromatic heterocycles. The first kappa shape index (κ1) is 15.1. The van der Waals surface area contributed by atoms with E-state index in [2.05, 4.69) is 10.6 Å². The van der Waals surface area contributed by atoms with Gasteiger partial charge in [0.05, 0.1) is 21.4 Å². The number of rotatable bonds is 4. The second-order valence-corrected chi connectivity index (χ2v) is 7.37. The first-order chi connectivity index (χ1) is 9.84. The van der Waals surface area contributed by atoms with Gasteiger partial charge in [-0.05, 0) is 32.1 Å². The lowest BCUT2D eigenvalue weighted by Gasteiger charge is -2.15. The highest BCUT2D eigenvalue weighted by molar-refractivity contribution is 7.92. The van der Waals surface area contributed by atoms with Gasteiger partial charge in [0.1, 0.15) is 11.7 Å². The Hall–Kier alpha value is -2.28. The van der Waals surface area contributed by atoms with Crippen molar-refractivity contribution in [3.05, 3.63) is 47.9 Å².